The van der Waals surface area contributed by atoms with Gasteiger partial charge in [-0.3, -0.25) is 0 Å². The van der Waals surface area contributed by atoms with Crippen molar-refractivity contribution in [3.63, 3.8) is 0 Å². The summed E-state index contributed by atoms with van der Waals surface area (Å²) >= 11 is 1.17. The van der Waals surface area contributed by atoms with Gasteiger partial charge in [0, 0.05) is 18.0 Å². The van der Waals surface area contributed by atoms with Crippen LogP contribution in [0.2, 0.25) is 0 Å². The third-order valence-corrected chi connectivity index (χ3v) is 6.97. The van der Waals surface area contributed by atoms with Gasteiger partial charge >= 0.3 is 0 Å². The number of guanidine groups is 1. The second-order valence-corrected chi connectivity index (χ2v) is 9.49. The number of primary sulfonamides is 1. The van der Waals surface area contributed by atoms with Crippen LogP contribution in [0.1, 0.15) is 56.7 Å². The van der Waals surface area contributed by atoms with Crippen LogP contribution in [0.3, 0.4) is 0 Å². The number of hydrogen-bond acceptors (Lipinski definition) is 4. The van der Waals surface area contributed by atoms with E-state index < -0.39 is 10.0 Å². The summed E-state index contributed by atoms with van der Waals surface area (Å²) in [6.07, 6.45) is 9.41. The first-order chi connectivity index (χ1) is 12.0. The van der Waals surface area contributed by atoms with Crippen molar-refractivity contribution in [3.05, 3.63) is 17.0 Å². The fourth-order valence-electron chi connectivity index (χ4n) is 3.17. The molecule has 0 atom stereocenters. The number of thiophene rings is 1. The fraction of sp³-hybridized carbons (Fsp3) is 0.706. The fourth-order valence-corrected chi connectivity index (χ4v) is 4.87. The first kappa shape index (κ1) is 20.2. The standard InChI is InChI=1S/C17H30N4O2S2/c1-2-19-17(20-12-6-9-14-7-4-3-5-8-14)21-13-15-10-11-16(24-15)25(18,22)23/h10-11,14H,2-9,12-13H2,1H3,(H2,18,22,23)(H2,19,20,21). The smallest absolute Gasteiger partial charge is 0.247 e. The van der Waals surface area contributed by atoms with Crippen LogP contribution in [-0.4, -0.2) is 27.5 Å². The molecule has 0 aliphatic heterocycles. The normalized spacial score (nSPS) is 16.8. The molecule has 0 amide bonds. The van der Waals surface area contributed by atoms with Crippen molar-refractivity contribution in [3.8, 4) is 0 Å². The van der Waals surface area contributed by atoms with Crippen molar-refractivity contribution in [2.75, 3.05) is 13.1 Å². The number of sulfonamides is 1. The summed E-state index contributed by atoms with van der Waals surface area (Å²) < 4.78 is 22.8. The molecule has 1 saturated carbocycles. The minimum atomic E-state index is -3.62. The summed E-state index contributed by atoms with van der Waals surface area (Å²) in [5.41, 5.74) is 0. The Kier molecular flexibility index (Phi) is 8.18. The van der Waals surface area contributed by atoms with Crippen LogP contribution < -0.4 is 15.8 Å². The molecule has 0 bridgehead atoms. The highest BCUT2D eigenvalue weighted by atomic mass is 32.2. The Morgan fingerprint density at radius 1 is 1.28 bits per heavy atom. The average molecular weight is 387 g/mol. The van der Waals surface area contributed by atoms with Crippen LogP contribution in [0.5, 0.6) is 0 Å². The molecule has 6 nitrogen and oxygen atoms in total. The van der Waals surface area contributed by atoms with Crippen LogP contribution in [0.25, 0.3) is 0 Å². The maximum absolute atomic E-state index is 11.3. The topological polar surface area (TPSA) is 96.6 Å². The molecule has 25 heavy (non-hydrogen) atoms. The van der Waals surface area contributed by atoms with E-state index in [-0.39, 0.29) is 4.21 Å². The molecular weight excluding hydrogens is 356 g/mol. The summed E-state index contributed by atoms with van der Waals surface area (Å²) in [7, 11) is -3.62. The lowest BCUT2D eigenvalue weighted by Crippen LogP contribution is -2.37. The molecular formula is C17H30N4O2S2. The van der Waals surface area contributed by atoms with E-state index in [2.05, 4.69) is 15.6 Å². The van der Waals surface area contributed by atoms with Gasteiger partial charge in [0.15, 0.2) is 5.96 Å². The van der Waals surface area contributed by atoms with Gasteiger partial charge < -0.3 is 10.6 Å². The molecule has 142 valence electrons. The first-order valence-corrected chi connectivity index (χ1v) is 11.5. The maximum atomic E-state index is 11.3. The Morgan fingerprint density at radius 3 is 2.68 bits per heavy atom. The Hall–Kier alpha value is -1.12. The number of nitrogens with zero attached hydrogens (tertiary/aromatic N) is 1. The second-order valence-electron chi connectivity index (χ2n) is 6.53. The maximum Gasteiger partial charge on any atom is 0.247 e. The lowest BCUT2D eigenvalue weighted by molar-refractivity contribution is 0.332. The van der Waals surface area contributed by atoms with Crippen LogP contribution in [-0.2, 0) is 16.6 Å². The van der Waals surface area contributed by atoms with Crippen LogP contribution in [0, 0.1) is 5.92 Å². The minimum Gasteiger partial charge on any atom is -0.357 e. The third-order valence-electron chi connectivity index (χ3n) is 4.46. The van der Waals surface area contributed by atoms with Crippen molar-refractivity contribution < 1.29 is 8.42 Å². The number of aliphatic imine (C=N–C) groups is 1. The highest BCUT2D eigenvalue weighted by Crippen LogP contribution is 2.27. The molecule has 8 heteroatoms. The third kappa shape index (κ3) is 7.33. The monoisotopic (exact) mass is 386 g/mol. The number of nitrogens with one attached hydrogen (secondary N) is 2. The van der Waals surface area contributed by atoms with Gasteiger partial charge in [-0.05, 0) is 37.8 Å². The van der Waals surface area contributed by atoms with E-state index in [1.165, 1.54) is 55.9 Å². The highest BCUT2D eigenvalue weighted by molar-refractivity contribution is 7.91. The largest absolute Gasteiger partial charge is 0.357 e. The molecule has 1 fully saturated rings. The van der Waals surface area contributed by atoms with Crippen molar-refractivity contribution in [2.45, 2.75) is 62.6 Å². The highest BCUT2D eigenvalue weighted by Gasteiger charge is 2.13. The molecule has 2 rings (SSSR count). The predicted molar refractivity (Wildman–Crippen MR) is 104 cm³/mol. The van der Waals surface area contributed by atoms with E-state index in [1.54, 1.807) is 6.07 Å². The molecule has 1 aliphatic carbocycles. The summed E-state index contributed by atoms with van der Waals surface area (Å²) in [5, 5.41) is 11.7. The van der Waals surface area contributed by atoms with Crippen LogP contribution in [0.4, 0.5) is 0 Å². The van der Waals surface area contributed by atoms with Gasteiger partial charge in [-0.15, -0.1) is 11.3 Å². The predicted octanol–water partition coefficient (Wildman–Crippen LogP) is 2.81. The Balaban J connectivity index is 1.78. The second kappa shape index (κ2) is 10.1. The molecule has 0 unspecified atom stereocenters. The van der Waals surface area contributed by atoms with E-state index in [0.717, 1.165) is 36.3 Å². The molecule has 1 aromatic rings. The summed E-state index contributed by atoms with van der Waals surface area (Å²) in [5.74, 6) is 1.68. The average Bonchev–Trinajstić information content (AvgIpc) is 3.07. The summed E-state index contributed by atoms with van der Waals surface area (Å²) in [6, 6.07) is 3.30. The van der Waals surface area contributed by atoms with Crippen molar-refractivity contribution in [1.29, 1.82) is 0 Å². The van der Waals surface area contributed by atoms with Gasteiger partial charge in [0.2, 0.25) is 10.0 Å². The molecule has 1 aromatic heterocycles. The Morgan fingerprint density at radius 2 is 2.04 bits per heavy atom. The molecule has 0 radical (unpaired) electrons. The zero-order valence-electron chi connectivity index (χ0n) is 15.0. The van der Waals surface area contributed by atoms with E-state index in [9.17, 15) is 8.42 Å². The zero-order chi connectivity index (χ0) is 18.1. The number of hydrogen-bond donors (Lipinski definition) is 3. The Labute approximate surface area is 155 Å². The molecule has 1 heterocycles. The number of rotatable bonds is 8. The minimum absolute atomic E-state index is 0.183. The lowest BCUT2D eigenvalue weighted by Gasteiger charge is -2.21. The van der Waals surface area contributed by atoms with Gasteiger partial charge in [0.05, 0.1) is 6.54 Å². The summed E-state index contributed by atoms with van der Waals surface area (Å²) in [6.45, 7) is 4.18. The molecule has 0 saturated heterocycles. The SMILES string of the molecule is CCNC(=NCc1ccc(S(N)(=O)=O)s1)NCCCC1CCCCC1. The summed E-state index contributed by atoms with van der Waals surface area (Å²) in [4.78, 5) is 5.41. The van der Waals surface area contributed by atoms with Crippen molar-refractivity contribution >= 4 is 27.3 Å². The quantitative estimate of drug-likeness (QED) is 0.364. The molecule has 0 spiro atoms. The molecule has 4 N–H and O–H groups in total. The van der Waals surface area contributed by atoms with Gasteiger partial charge in [-0.2, -0.15) is 0 Å². The Bertz CT molecular complexity index is 649. The van der Waals surface area contributed by atoms with Gasteiger partial charge in [0.25, 0.3) is 0 Å². The van der Waals surface area contributed by atoms with Gasteiger partial charge in [-0.1, -0.05) is 32.1 Å². The van der Waals surface area contributed by atoms with E-state index in [4.69, 9.17) is 5.14 Å². The van der Waals surface area contributed by atoms with Crippen molar-refractivity contribution in [1.82, 2.24) is 10.6 Å². The van der Waals surface area contributed by atoms with E-state index in [1.807, 2.05) is 6.92 Å². The zero-order valence-corrected chi connectivity index (χ0v) is 16.6. The van der Waals surface area contributed by atoms with Crippen molar-refractivity contribution in [2.24, 2.45) is 16.0 Å². The van der Waals surface area contributed by atoms with E-state index >= 15 is 0 Å². The van der Waals surface area contributed by atoms with Crippen LogP contribution >= 0.6 is 11.3 Å². The van der Waals surface area contributed by atoms with Gasteiger partial charge in [-0.25, -0.2) is 18.5 Å². The molecule has 1 aliphatic rings. The van der Waals surface area contributed by atoms with Crippen LogP contribution in [0.15, 0.2) is 21.3 Å². The number of nitrogens with two attached hydrogens (primary N) is 1. The van der Waals surface area contributed by atoms with E-state index in [0.29, 0.717) is 6.54 Å². The lowest BCUT2D eigenvalue weighted by atomic mass is 9.86. The van der Waals surface area contributed by atoms with Gasteiger partial charge in [0.1, 0.15) is 4.21 Å². The molecule has 0 aromatic carbocycles. The first-order valence-electron chi connectivity index (χ1n) is 9.12.